The highest BCUT2D eigenvalue weighted by molar-refractivity contribution is 5.96. The van der Waals surface area contributed by atoms with Gasteiger partial charge in [0.25, 0.3) is 5.91 Å². The minimum absolute atomic E-state index is 0.0107. The number of hydrogen-bond acceptors (Lipinski definition) is 5. The van der Waals surface area contributed by atoms with E-state index in [1.54, 1.807) is 19.2 Å². The van der Waals surface area contributed by atoms with E-state index >= 15 is 0 Å². The van der Waals surface area contributed by atoms with Gasteiger partial charge in [0.05, 0.1) is 18.6 Å². The number of hydrogen-bond donors (Lipinski definition) is 1. The summed E-state index contributed by atoms with van der Waals surface area (Å²) in [6.07, 6.45) is 3.54. The van der Waals surface area contributed by atoms with E-state index in [9.17, 15) is 14.4 Å². The van der Waals surface area contributed by atoms with Gasteiger partial charge in [-0.15, -0.1) is 0 Å². The zero-order valence-corrected chi connectivity index (χ0v) is 16.1. The first-order valence-electron chi connectivity index (χ1n) is 9.20. The van der Waals surface area contributed by atoms with Gasteiger partial charge in [0.15, 0.2) is 0 Å². The molecule has 2 unspecified atom stereocenters. The number of nitrogens with zero attached hydrogens (tertiary/aromatic N) is 3. The number of pyridine rings is 1. The number of carbonyl (C=O) groups excluding carboxylic acids is 2. The van der Waals surface area contributed by atoms with E-state index in [0.717, 1.165) is 6.42 Å². The van der Waals surface area contributed by atoms with Crippen molar-refractivity contribution in [2.24, 2.45) is 5.92 Å². The molecule has 2 atom stereocenters. The molecule has 0 bridgehead atoms. The number of piperidine rings is 1. The number of amides is 2. The molecule has 0 spiro atoms. The van der Waals surface area contributed by atoms with Gasteiger partial charge in [-0.3, -0.25) is 14.4 Å². The van der Waals surface area contributed by atoms with Crippen LogP contribution in [0, 0.1) is 5.92 Å². The van der Waals surface area contributed by atoms with Crippen LogP contribution in [-0.4, -0.2) is 70.5 Å². The van der Waals surface area contributed by atoms with E-state index in [0.29, 0.717) is 30.8 Å². The predicted molar refractivity (Wildman–Crippen MR) is 98.5 cm³/mol. The normalized spacial score (nSPS) is 17.9. The fraction of sp³-hybridized carbons (Fsp3) is 0.579. The number of carbonyl (C=O) groups is 3. The highest BCUT2D eigenvalue weighted by Gasteiger charge is 2.29. The lowest BCUT2D eigenvalue weighted by atomic mass is 9.98. The van der Waals surface area contributed by atoms with Crippen molar-refractivity contribution in [3.05, 3.63) is 23.9 Å². The maximum Gasteiger partial charge on any atom is 0.308 e. The molecule has 148 valence electrons. The van der Waals surface area contributed by atoms with Gasteiger partial charge in [-0.25, -0.2) is 4.98 Å². The van der Waals surface area contributed by atoms with Gasteiger partial charge in [-0.05, 0) is 32.3 Å². The van der Waals surface area contributed by atoms with Crippen LogP contribution in [0.2, 0.25) is 0 Å². The average Bonchev–Trinajstić information content (AvgIpc) is 2.67. The number of aliphatic carboxylic acids is 1. The second kappa shape index (κ2) is 9.34. The molecule has 1 N–H and O–H groups in total. The van der Waals surface area contributed by atoms with Crippen molar-refractivity contribution in [3.8, 4) is 5.88 Å². The molecule has 1 fully saturated rings. The SMILES string of the molecule is CCC(C)Oc1cc(C(=O)N(C)CC(=O)N2CCCC(C(=O)O)C2)ccn1. The van der Waals surface area contributed by atoms with Gasteiger partial charge in [0.1, 0.15) is 0 Å². The summed E-state index contributed by atoms with van der Waals surface area (Å²) < 4.78 is 5.63. The Bertz CT molecular complexity index is 694. The van der Waals surface area contributed by atoms with E-state index in [1.165, 1.54) is 16.0 Å². The number of likely N-dealkylation sites (N-methyl/N-ethyl adjacent to an activating group) is 1. The molecule has 27 heavy (non-hydrogen) atoms. The molecule has 0 saturated carbocycles. The lowest BCUT2D eigenvalue weighted by Gasteiger charge is -2.32. The first-order valence-corrected chi connectivity index (χ1v) is 9.20. The van der Waals surface area contributed by atoms with Crippen LogP contribution in [0.1, 0.15) is 43.5 Å². The summed E-state index contributed by atoms with van der Waals surface area (Å²) in [6.45, 7) is 4.53. The Labute approximate surface area is 159 Å². The average molecular weight is 377 g/mol. The second-order valence-electron chi connectivity index (χ2n) is 6.90. The Hall–Kier alpha value is -2.64. The fourth-order valence-corrected chi connectivity index (χ4v) is 2.90. The van der Waals surface area contributed by atoms with Crippen molar-refractivity contribution in [1.82, 2.24) is 14.8 Å². The first kappa shape index (κ1) is 20.7. The van der Waals surface area contributed by atoms with Gasteiger partial charge in [-0.1, -0.05) is 6.92 Å². The first-order chi connectivity index (χ1) is 12.8. The van der Waals surface area contributed by atoms with Crippen LogP contribution in [0.4, 0.5) is 0 Å². The van der Waals surface area contributed by atoms with E-state index in [2.05, 4.69) is 4.98 Å². The van der Waals surface area contributed by atoms with Crippen molar-refractivity contribution in [1.29, 1.82) is 0 Å². The summed E-state index contributed by atoms with van der Waals surface area (Å²) in [6, 6.07) is 3.14. The molecule has 0 aromatic carbocycles. The Morgan fingerprint density at radius 2 is 2.19 bits per heavy atom. The van der Waals surface area contributed by atoms with E-state index in [4.69, 9.17) is 9.84 Å². The van der Waals surface area contributed by atoms with Crippen LogP contribution >= 0.6 is 0 Å². The number of aromatic nitrogens is 1. The lowest BCUT2D eigenvalue weighted by molar-refractivity contribution is -0.145. The van der Waals surface area contributed by atoms with Crippen molar-refractivity contribution < 1.29 is 24.2 Å². The van der Waals surface area contributed by atoms with Crippen LogP contribution < -0.4 is 4.74 Å². The van der Waals surface area contributed by atoms with Crippen molar-refractivity contribution in [2.75, 3.05) is 26.7 Å². The predicted octanol–water partition coefficient (Wildman–Crippen LogP) is 1.65. The molecular formula is C19H27N3O5. The lowest BCUT2D eigenvalue weighted by Crippen LogP contribution is -2.46. The molecule has 1 aliphatic heterocycles. The molecule has 1 saturated heterocycles. The van der Waals surface area contributed by atoms with Crippen molar-refractivity contribution in [3.63, 3.8) is 0 Å². The van der Waals surface area contributed by atoms with Gasteiger partial charge >= 0.3 is 5.97 Å². The maximum atomic E-state index is 12.6. The van der Waals surface area contributed by atoms with E-state index in [1.807, 2.05) is 13.8 Å². The molecule has 1 aromatic rings. The number of rotatable bonds is 7. The van der Waals surface area contributed by atoms with Gasteiger partial charge < -0.3 is 19.6 Å². The number of likely N-dealkylation sites (tertiary alicyclic amines) is 1. The third-order valence-corrected chi connectivity index (χ3v) is 4.72. The Morgan fingerprint density at radius 1 is 1.44 bits per heavy atom. The molecular weight excluding hydrogens is 350 g/mol. The zero-order chi connectivity index (χ0) is 20.0. The summed E-state index contributed by atoms with van der Waals surface area (Å²) in [4.78, 5) is 43.2. The summed E-state index contributed by atoms with van der Waals surface area (Å²) in [7, 11) is 1.55. The topological polar surface area (TPSA) is 100 Å². The van der Waals surface area contributed by atoms with Crippen LogP contribution in [-0.2, 0) is 9.59 Å². The Morgan fingerprint density at radius 3 is 2.85 bits per heavy atom. The molecule has 0 radical (unpaired) electrons. The van der Waals surface area contributed by atoms with Crippen molar-refractivity contribution >= 4 is 17.8 Å². The molecule has 2 rings (SSSR count). The number of carboxylic acids is 1. The molecule has 1 aliphatic rings. The highest BCUT2D eigenvalue weighted by atomic mass is 16.5. The van der Waals surface area contributed by atoms with Crippen molar-refractivity contribution in [2.45, 2.75) is 39.2 Å². The fourth-order valence-electron chi connectivity index (χ4n) is 2.90. The third-order valence-electron chi connectivity index (χ3n) is 4.72. The van der Waals surface area contributed by atoms with E-state index < -0.39 is 11.9 Å². The van der Waals surface area contributed by atoms with Crippen LogP contribution in [0.15, 0.2) is 18.3 Å². The minimum Gasteiger partial charge on any atom is -0.481 e. The Kier molecular flexibility index (Phi) is 7.15. The largest absolute Gasteiger partial charge is 0.481 e. The van der Waals surface area contributed by atoms with Crippen LogP contribution in [0.25, 0.3) is 0 Å². The molecule has 8 heteroatoms. The molecule has 8 nitrogen and oxygen atoms in total. The quantitative estimate of drug-likeness (QED) is 0.776. The molecule has 0 aliphatic carbocycles. The summed E-state index contributed by atoms with van der Waals surface area (Å²) in [5, 5.41) is 9.14. The van der Waals surface area contributed by atoms with Gasteiger partial charge in [0.2, 0.25) is 11.8 Å². The summed E-state index contributed by atoms with van der Waals surface area (Å²) in [5.74, 6) is -1.62. The monoisotopic (exact) mass is 377 g/mol. The second-order valence-corrected chi connectivity index (χ2v) is 6.90. The van der Waals surface area contributed by atoms with Gasteiger partial charge in [-0.2, -0.15) is 0 Å². The maximum absolute atomic E-state index is 12.6. The molecule has 2 amide bonds. The smallest absolute Gasteiger partial charge is 0.308 e. The summed E-state index contributed by atoms with van der Waals surface area (Å²) in [5.41, 5.74) is 0.389. The van der Waals surface area contributed by atoms with Gasteiger partial charge in [0, 0.05) is 38.0 Å². The zero-order valence-electron chi connectivity index (χ0n) is 16.1. The number of ether oxygens (including phenoxy) is 1. The highest BCUT2D eigenvalue weighted by Crippen LogP contribution is 2.17. The van der Waals surface area contributed by atoms with Crippen LogP contribution in [0.5, 0.6) is 5.88 Å². The van der Waals surface area contributed by atoms with Crippen LogP contribution in [0.3, 0.4) is 0 Å². The van der Waals surface area contributed by atoms with E-state index in [-0.39, 0.29) is 31.0 Å². The molecule has 1 aromatic heterocycles. The Balaban J connectivity index is 1.97. The summed E-state index contributed by atoms with van der Waals surface area (Å²) >= 11 is 0. The minimum atomic E-state index is -0.887. The molecule has 2 heterocycles. The standard InChI is InChI=1S/C19H27N3O5/c1-4-13(2)27-16-10-14(7-8-20-16)18(24)21(3)12-17(23)22-9-5-6-15(11-22)19(25)26/h7-8,10,13,15H,4-6,9,11-12H2,1-3H3,(H,25,26). The third kappa shape index (κ3) is 5.67. The number of carboxylic acid groups (broad SMARTS) is 1.